The highest BCUT2D eigenvalue weighted by atomic mass is 35.5. The molecule has 0 saturated heterocycles. The maximum Gasteiger partial charge on any atom is 0.274 e. The number of rotatable bonds is 6. The van der Waals surface area contributed by atoms with Gasteiger partial charge in [0.25, 0.3) is 11.5 Å². The van der Waals surface area contributed by atoms with E-state index in [1.165, 1.54) is 4.68 Å². The average molecular weight is 435 g/mol. The summed E-state index contributed by atoms with van der Waals surface area (Å²) >= 11 is 6.12. The number of hydrogen-bond donors (Lipinski definition) is 1. The van der Waals surface area contributed by atoms with Gasteiger partial charge < -0.3 is 10.2 Å². The quantitative estimate of drug-likeness (QED) is 0.644. The number of carbonyl (C=O) groups excluding carboxylic acids is 1. The zero-order chi connectivity index (χ0) is 20.3. The van der Waals surface area contributed by atoms with Gasteiger partial charge in [0.1, 0.15) is 0 Å². The summed E-state index contributed by atoms with van der Waals surface area (Å²) < 4.78 is 1.32. The minimum atomic E-state index is -0.313. The SMILES string of the molecule is CCn1nc(C(=O)NCC(c2cccc(Cl)c2)N(C)C)c2ccccc2c1=O.Cl. The first-order valence-corrected chi connectivity index (χ1v) is 9.50. The lowest BCUT2D eigenvalue weighted by atomic mass is 10.1. The number of carbonyl (C=O) groups is 1. The molecule has 6 nitrogen and oxygen atoms in total. The van der Waals surface area contributed by atoms with Crippen LogP contribution in [0.1, 0.15) is 29.0 Å². The molecule has 0 aliphatic rings. The van der Waals surface area contributed by atoms with E-state index in [9.17, 15) is 9.59 Å². The average Bonchev–Trinajstić information content (AvgIpc) is 2.68. The summed E-state index contributed by atoms with van der Waals surface area (Å²) in [5.41, 5.74) is 1.06. The third-order valence-corrected chi connectivity index (χ3v) is 4.93. The maximum absolute atomic E-state index is 12.9. The molecule has 8 heteroatoms. The van der Waals surface area contributed by atoms with Gasteiger partial charge in [-0.2, -0.15) is 5.10 Å². The summed E-state index contributed by atoms with van der Waals surface area (Å²) in [5.74, 6) is -0.313. The molecule has 1 amide bonds. The molecule has 2 aromatic carbocycles. The van der Waals surface area contributed by atoms with E-state index in [-0.39, 0.29) is 35.6 Å². The monoisotopic (exact) mass is 434 g/mol. The summed E-state index contributed by atoms with van der Waals surface area (Å²) in [6, 6.07) is 14.6. The normalized spacial score (nSPS) is 11.9. The van der Waals surface area contributed by atoms with E-state index >= 15 is 0 Å². The molecule has 3 aromatic rings. The summed E-state index contributed by atoms with van der Waals surface area (Å²) in [6.45, 7) is 2.60. The van der Waals surface area contributed by atoms with Gasteiger partial charge in [-0.15, -0.1) is 12.4 Å². The van der Waals surface area contributed by atoms with Gasteiger partial charge in [0, 0.05) is 23.5 Å². The van der Waals surface area contributed by atoms with E-state index in [2.05, 4.69) is 10.4 Å². The van der Waals surface area contributed by atoms with Gasteiger partial charge in [0.2, 0.25) is 0 Å². The first-order valence-electron chi connectivity index (χ1n) is 9.12. The zero-order valence-electron chi connectivity index (χ0n) is 16.6. The second-order valence-corrected chi connectivity index (χ2v) is 7.20. The van der Waals surface area contributed by atoms with E-state index in [1.807, 2.05) is 50.2 Å². The van der Waals surface area contributed by atoms with Crippen molar-refractivity contribution in [3.8, 4) is 0 Å². The van der Waals surface area contributed by atoms with Crippen LogP contribution in [-0.2, 0) is 6.54 Å². The van der Waals surface area contributed by atoms with Gasteiger partial charge in [-0.25, -0.2) is 4.68 Å². The smallest absolute Gasteiger partial charge is 0.274 e. The molecule has 0 spiro atoms. The van der Waals surface area contributed by atoms with Crippen molar-refractivity contribution in [2.75, 3.05) is 20.6 Å². The van der Waals surface area contributed by atoms with Crippen molar-refractivity contribution >= 4 is 40.7 Å². The lowest BCUT2D eigenvalue weighted by Crippen LogP contribution is -2.36. The third-order valence-electron chi connectivity index (χ3n) is 4.70. The highest BCUT2D eigenvalue weighted by Gasteiger charge is 2.19. The van der Waals surface area contributed by atoms with Gasteiger partial charge in [0.15, 0.2) is 5.69 Å². The predicted molar refractivity (Wildman–Crippen MR) is 119 cm³/mol. The standard InChI is InChI=1S/C21H23ClN4O2.ClH/c1-4-26-21(28)17-11-6-5-10-16(17)19(24-26)20(27)23-13-18(25(2)3)14-8-7-9-15(22)12-14;/h5-12,18H,4,13H2,1-3H3,(H,23,27);1H. The molecule has 29 heavy (non-hydrogen) atoms. The van der Waals surface area contributed by atoms with Crippen LogP contribution in [0.4, 0.5) is 0 Å². The Hall–Kier alpha value is -2.41. The first-order chi connectivity index (χ1) is 13.4. The maximum atomic E-state index is 12.9. The fourth-order valence-corrected chi connectivity index (χ4v) is 3.40. The zero-order valence-corrected chi connectivity index (χ0v) is 18.1. The van der Waals surface area contributed by atoms with Gasteiger partial charge in [-0.05, 0) is 44.8 Å². The Morgan fingerprint density at radius 2 is 1.86 bits per heavy atom. The van der Waals surface area contributed by atoms with Crippen LogP contribution in [0.3, 0.4) is 0 Å². The number of benzene rings is 2. The Balaban J connectivity index is 0.00000300. The summed E-state index contributed by atoms with van der Waals surface area (Å²) in [5, 5.41) is 8.94. The molecule has 0 aliphatic carbocycles. The van der Waals surface area contributed by atoms with Gasteiger partial charge >= 0.3 is 0 Å². The van der Waals surface area contributed by atoms with Crippen LogP contribution in [0.25, 0.3) is 10.8 Å². The third kappa shape index (κ3) is 4.96. The number of nitrogens with one attached hydrogen (secondary N) is 1. The molecule has 1 unspecified atom stereocenters. The number of nitrogens with zero attached hydrogens (tertiary/aromatic N) is 3. The van der Waals surface area contributed by atoms with Crippen molar-refractivity contribution in [3.05, 3.63) is 75.2 Å². The van der Waals surface area contributed by atoms with E-state index < -0.39 is 0 Å². The Labute approximate surface area is 180 Å². The Kier molecular flexibility index (Phi) is 7.79. The first kappa shape index (κ1) is 22.9. The van der Waals surface area contributed by atoms with E-state index in [1.54, 1.807) is 24.3 Å². The molecule has 0 saturated carbocycles. The minimum absolute atomic E-state index is 0. The fraction of sp³-hybridized carbons (Fsp3) is 0.286. The van der Waals surface area contributed by atoms with Crippen LogP contribution in [0, 0.1) is 0 Å². The van der Waals surface area contributed by atoms with Gasteiger partial charge in [0.05, 0.1) is 11.4 Å². The molecule has 1 atom stereocenters. The topological polar surface area (TPSA) is 67.2 Å². The molecule has 0 fully saturated rings. The van der Waals surface area contributed by atoms with E-state index in [4.69, 9.17) is 11.6 Å². The van der Waals surface area contributed by atoms with Crippen LogP contribution in [-0.4, -0.2) is 41.2 Å². The Morgan fingerprint density at radius 3 is 2.48 bits per heavy atom. The molecule has 1 N–H and O–H groups in total. The second-order valence-electron chi connectivity index (χ2n) is 6.76. The molecular weight excluding hydrogens is 411 g/mol. The van der Waals surface area contributed by atoms with Crippen molar-refractivity contribution in [1.82, 2.24) is 20.0 Å². The number of amides is 1. The lowest BCUT2D eigenvalue weighted by molar-refractivity contribution is 0.0936. The lowest BCUT2D eigenvalue weighted by Gasteiger charge is -2.25. The van der Waals surface area contributed by atoms with Crippen LogP contribution in [0.2, 0.25) is 5.02 Å². The van der Waals surface area contributed by atoms with Crippen LogP contribution in [0.5, 0.6) is 0 Å². The molecule has 154 valence electrons. The van der Waals surface area contributed by atoms with Crippen LogP contribution >= 0.6 is 24.0 Å². The molecule has 0 radical (unpaired) electrons. The molecule has 3 rings (SSSR count). The molecule has 1 heterocycles. The minimum Gasteiger partial charge on any atom is -0.349 e. The summed E-state index contributed by atoms with van der Waals surface area (Å²) in [6.07, 6.45) is 0. The highest BCUT2D eigenvalue weighted by molar-refractivity contribution is 6.30. The predicted octanol–water partition coefficient (Wildman–Crippen LogP) is 3.52. The second kappa shape index (κ2) is 9.87. The van der Waals surface area contributed by atoms with Crippen LogP contribution in [0.15, 0.2) is 53.3 Å². The number of likely N-dealkylation sites (N-methyl/N-ethyl adjacent to an activating group) is 1. The molecule has 0 aliphatic heterocycles. The fourth-order valence-electron chi connectivity index (χ4n) is 3.20. The van der Waals surface area contributed by atoms with Crippen molar-refractivity contribution in [2.45, 2.75) is 19.5 Å². The number of aromatic nitrogens is 2. The van der Waals surface area contributed by atoms with E-state index in [0.717, 1.165) is 5.56 Å². The Morgan fingerprint density at radius 1 is 1.17 bits per heavy atom. The van der Waals surface area contributed by atoms with Crippen molar-refractivity contribution in [2.24, 2.45) is 0 Å². The largest absolute Gasteiger partial charge is 0.349 e. The molecule has 0 bridgehead atoms. The Bertz CT molecular complexity index is 1070. The summed E-state index contributed by atoms with van der Waals surface area (Å²) in [4.78, 5) is 27.4. The number of aryl methyl sites for hydroxylation is 1. The number of hydrogen-bond acceptors (Lipinski definition) is 4. The van der Waals surface area contributed by atoms with Crippen molar-refractivity contribution < 1.29 is 4.79 Å². The van der Waals surface area contributed by atoms with Gasteiger partial charge in [-0.3, -0.25) is 9.59 Å². The van der Waals surface area contributed by atoms with E-state index in [0.29, 0.717) is 28.9 Å². The van der Waals surface area contributed by atoms with Crippen molar-refractivity contribution in [1.29, 1.82) is 0 Å². The number of fused-ring (bicyclic) bond motifs is 1. The van der Waals surface area contributed by atoms with Gasteiger partial charge in [-0.1, -0.05) is 41.9 Å². The highest BCUT2D eigenvalue weighted by Crippen LogP contribution is 2.21. The van der Waals surface area contributed by atoms with Crippen LogP contribution < -0.4 is 10.9 Å². The molecule has 1 aromatic heterocycles. The molecular formula is C21H24Cl2N4O2. The summed E-state index contributed by atoms with van der Waals surface area (Å²) in [7, 11) is 3.89. The number of halogens is 2. The van der Waals surface area contributed by atoms with Crippen molar-refractivity contribution in [3.63, 3.8) is 0 Å².